The Balaban J connectivity index is 2.56. The van der Waals surface area contributed by atoms with Crippen molar-refractivity contribution in [1.82, 2.24) is 0 Å². The first-order valence-corrected chi connectivity index (χ1v) is 6.00. The van der Waals surface area contributed by atoms with E-state index in [9.17, 15) is 8.76 Å². The van der Waals surface area contributed by atoms with Gasteiger partial charge in [-0.1, -0.05) is 0 Å². The van der Waals surface area contributed by atoms with Crippen LogP contribution >= 0.6 is 34.8 Å². The zero-order chi connectivity index (χ0) is 10.0. The molecule has 1 rings (SSSR count). The van der Waals surface area contributed by atoms with Gasteiger partial charge in [-0.25, -0.2) is 4.21 Å². The van der Waals surface area contributed by atoms with Crippen LogP contribution in [-0.2, 0) is 15.5 Å². The Labute approximate surface area is 94.2 Å². The van der Waals surface area contributed by atoms with Gasteiger partial charge in [-0.2, -0.15) is 0 Å². The summed E-state index contributed by atoms with van der Waals surface area (Å²) < 4.78 is 25.1. The minimum atomic E-state index is -2.58. The van der Waals surface area contributed by atoms with Gasteiger partial charge in [0.25, 0.3) is 0 Å². The van der Waals surface area contributed by atoms with E-state index in [0.29, 0.717) is 12.8 Å². The normalized spacial score (nSPS) is 43.1. The summed E-state index contributed by atoms with van der Waals surface area (Å²) >= 11 is 15.0. The van der Waals surface area contributed by atoms with Gasteiger partial charge in [0, 0.05) is 5.38 Å². The van der Waals surface area contributed by atoms with Gasteiger partial charge in [0.1, 0.15) is 6.10 Å². The van der Waals surface area contributed by atoms with Crippen LogP contribution in [0.3, 0.4) is 0 Å². The first-order valence-electron chi connectivity index (χ1n) is 3.69. The van der Waals surface area contributed by atoms with E-state index in [1.807, 2.05) is 0 Å². The molecule has 1 saturated carbocycles. The van der Waals surface area contributed by atoms with Crippen LogP contribution in [-0.4, -0.2) is 31.0 Å². The molecule has 0 amide bonds. The fourth-order valence-electron chi connectivity index (χ4n) is 1.29. The quantitative estimate of drug-likeness (QED) is 0.565. The number of halogens is 3. The van der Waals surface area contributed by atoms with Crippen LogP contribution in [0.1, 0.15) is 12.8 Å². The summed E-state index contributed by atoms with van der Waals surface area (Å²) in [6.45, 7) is 0. The maximum absolute atomic E-state index is 10.3. The van der Waals surface area contributed by atoms with E-state index >= 15 is 0 Å². The Morgan fingerprint density at radius 1 is 1.23 bits per heavy atom. The zero-order valence-corrected chi connectivity index (χ0v) is 9.57. The Morgan fingerprint density at radius 2 is 1.69 bits per heavy atom. The molecule has 3 nitrogen and oxygen atoms in total. The van der Waals surface area contributed by atoms with E-state index < -0.39 is 28.2 Å². The number of hydrogen-bond donors (Lipinski definition) is 0. The van der Waals surface area contributed by atoms with Gasteiger partial charge in [-0.3, -0.25) is 4.18 Å². The highest BCUT2D eigenvalue weighted by atomic mass is 35.5. The lowest BCUT2D eigenvalue weighted by atomic mass is 9.96. The van der Waals surface area contributed by atoms with Gasteiger partial charge in [0.2, 0.25) is 0 Å². The largest absolute Gasteiger partial charge is 0.750 e. The summed E-state index contributed by atoms with van der Waals surface area (Å²) in [5.74, 6) is 0. The Bertz CT molecular complexity index is 192. The van der Waals surface area contributed by atoms with Crippen molar-refractivity contribution in [3.63, 3.8) is 0 Å². The summed E-state index contributed by atoms with van der Waals surface area (Å²) in [4.78, 5) is 0. The van der Waals surface area contributed by atoms with Crippen LogP contribution < -0.4 is 0 Å². The fraction of sp³-hybridized carbons (Fsp3) is 1.00. The molecule has 0 radical (unpaired) electrons. The molecule has 0 heterocycles. The molecule has 78 valence electrons. The molecule has 1 aliphatic carbocycles. The molecule has 0 aliphatic heterocycles. The molecule has 3 unspecified atom stereocenters. The van der Waals surface area contributed by atoms with Crippen molar-refractivity contribution < 1.29 is 12.9 Å². The lowest BCUT2D eigenvalue weighted by molar-refractivity contribution is 0.165. The topological polar surface area (TPSA) is 49.4 Å². The average Bonchev–Trinajstić information content (AvgIpc) is 1.96. The third-order valence-electron chi connectivity index (χ3n) is 1.86. The standard InChI is InChI=1S/C6H9Cl3O3S/c7-3-1-4(8)6(5(9)2-3)12-13(10)11/h3-6H,1-2H2,(H,10,11)/p-1. The lowest BCUT2D eigenvalue weighted by Crippen LogP contribution is -2.41. The predicted octanol–water partition coefficient (Wildman–Crippen LogP) is 1.78. The van der Waals surface area contributed by atoms with Gasteiger partial charge in [0.05, 0.1) is 22.1 Å². The van der Waals surface area contributed by atoms with E-state index in [1.165, 1.54) is 0 Å². The van der Waals surface area contributed by atoms with Crippen molar-refractivity contribution in [2.75, 3.05) is 0 Å². The Kier molecular flexibility index (Phi) is 4.75. The van der Waals surface area contributed by atoms with Crippen LogP contribution in [0.2, 0.25) is 0 Å². The summed E-state index contributed by atoms with van der Waals surface area (Å²) in [5, 5.41) is -1.00. The molecule has 13 heavy (non-hydrogen) atoms. The molecule has 0 bridgehead atoms. The molecule has 0 aromatic rings. The van der Waals surface area contributed by atoms with Crippen molar-refractivity contribution in [2.24, 2.45) is 0 Å². The molecule has 3 atom stereocenters. The molecule has 1 aliphatic rings. The number of hydrogen-bond acceptors (Lipinski definition) is 3. The first kappa shape index (κ1) is 12.0. The van der Waals surface area contributed by atoms with Crippen molar-refractivity contribution in [2.45, 2.75) is 35.1 Å². The van der Waals surface area contributed by atoms with Crippen molar-refractivity contribution >= 4 is 46.2 Å². The van der Waals surface area contributed by atoms with Gasteiger partial charge in [0.15, 0.2) is 0 Å². The summed E-state index contributed by atoms with van der Waals surface area (Å²) in [6.07, 6.45) is 0.347. The maximum Gasteiger partial charge on any atom is 0.106 e. The average molecular weight is 267 g/mol. The molecule has 7 heteroatoms. The van der Waals surface area contributed by atoms with Crippen LogP contribution in [0.25, 0.3) is 0 Å². The Hall–Kier alpha value is 0.940. The number of rotatable bonds is 2. The molecular formula is C6H8Cl3O3S-. The minimum Gasteiger partial charge on any atom is -0.750 e. The van der Waals surface area contributed by atoms with E-state index in [1.54, 1.807) is 0 Å². The predicted molar refractivity (Wildman–Crippen MR) is 51.9 cm³/mol. The smallest absolute Gasteiger partial charge is 0.106 e. The second kappa shape index (κ2) is 5.14. The molecular weight excluding hydrogens is 258 g/mol. The maximum atomic E-state index is 10.3. The van der Waals surface area contributed by atoms with Gasteiger partial charge in [-0.05, 0) is 12.8 Å². The van der Waals surface area contributed by atoms with Crippen LogP contribution in [0, 0.1) is 0 Å². The van der Waals surface area contributed by atoms with Gasteiger partial charge < -0.3 is 4.55 Å². The van der Waals surface area contributed by atoms with Crippen LogP contribution in [0.4, 0.5) is 0 Å². The van der Waals surface area contributed by atoms with E-state index in [-0.39, 0.29) is 5.38 Å². The second-order valence-electron chi connectivity index (χ2n) is 2.87. The lowest BCUT2D eigenvalue weighted by Gasteiger charge is -2.33. The van der Waals surface area contributed by atoms with Crippen LogP contribution in [0.5, 0.6) is 0 Å². The Morgan fingerprint density at radius 3 is 2.08 bits per heavy atom. The molecule has 1 fully saturated rings. The van der Waals surface area contributed by atoms with Crippen molar-refractivity contribution in [3.05, 3.63) is 0 Å². The third kappa shape index (κ3) is 3.53. The highest BCUT2D eigenvalue weighted by Crippen LogP contribution is 2.32. The zero-order valence-electron chi connectivity index (χ0n) is 6.49. The highest BCUT2D eigenvalue weighted by molar-refractivity contribution is 7.74. The molecule has 0 spiro atoms. The van der Waals surface area contributed by atoms with Gasteiger partial charge >= 0.3 is 0 Å². The highest BCUT2D eigenvalue weighted by Gasteiger charge is 2.36. The fourth-order valence-corrected chi connectivity index (χ4v) is 3.39. The number of alkyl halides is 3. The van der Waals surface area contributed by atoms with E-state index in [2.05, 4.69) is 4.18 Å². The molecule has 0 aromatic carbocycles. The summed E-state index contributed by atoms with van der Waals surface area (Å²) in [5.41, 5.74) is 0. The summed E-state index contributed by atoms with van der Waals surface area (Å²) in [6, 6.07) is 0. The van der Waals surface area contributed by atoms with E-state index in [4.69, 9.17) is 34.8 Å². The minimum absolute atomic E-state index is 0.107. The van der Waals surface area contributed by atoms with Crippen molar-refractivity contribution in [3.8, 4) is 0 Å². The SMILES string of the molecule is O=S([O-])OC1C(Cl)CC(Cl)CC1Cl. The third-order valence-corrected chi connectivity index (χ3v) is 3.45. The molecule has 0 aromatic heterocycles. The van der Waals surface area contributed by atoms with Gasteiger partial charge in [-0.15, -0.1) is 34.8 Å². The van der Waals surface area contributed by atoms with E-state index in [0.717, 1.165) is 0 Å². The van der Waals surface area contributed by atoms with Crippen molar-refractivity contribution in [1.29, 1.82) is 0 Å². The second-order valence-corrected chi connectivity index (χ2v) is 5.20. The molecule has 0 N–H and O–H groups in total. The van der Waals surface area contributed by atoms with Crippen LogP contribution in [0.15, 0.2) is 0 Å². The molecule has 0 saturated heterocycles. The summed E-state index contributed by atoms with van der Waals surface area (Å²) in [7, 11) is 0. The first-order chi connectivity index (χ1) is 6.00. The monoisotopic (exact) mass is 265 g/mol.